The molecule has 1 N–H and O–H groups in total. The van der Waals surface area contributed by atoms with Crippen LogP contribution in [-0.4, -0.2) is 54.1 Å². The number of carboxylic acids is 1. The van der Waals surface area contributed by atoms with Gasteiger partial charge in [0.25, 0.3) is 0 Å². The fraction of sp³-hybridized carbons (Fsp3) is 0.500. The van der Waals surface area contributed by atoms with Crippen LogP contribution in [0.5, 0.6) is 0 Å². The normalized spacial score (nSPS) is 20.0. The van der Waals surface area contributed by atoms with Gasteiger partial charge in [-0.25, -0.2) is 0 Å². The van der Waals surface area contributed by atoms with Crippen LogP contribution in [0.3, 0.4) is 0 Å². The smallest absolute Gasteiger partial charge is 0.437 e. The standard InChI is InChI=1S/C16H19F3N2O3/c17-16(18,19)14(12-5-2-1-3-6-12)20-24-10-9-21-8-4-7-13(11-21)15(22)23/h1-3,5-6,13H,4,7-11H2,(H,22,23)/b20-14-/t13-/m1/s1. The first-order chi connectivity index (χ1) is 11.4. The van der Waals surface area contributed by atoms with Gasteiger partial charge in [0.2, 0.25) is 0 Å². The number of oxime groups is 1. The number of benzene rings is 1. The maximum Gasteiger partial charge on any atom is 0.437 e. The van der Waals surface area contributed by atoms with E-state index in [9.17, 15) is 18.0 Å². The SMILES string of the molecule is O=C(O)[C@@H]1CCCN(CCO/N=C(/c2ccccc2)C(F)(F)F)C1. The molecule has 1 aromatic carbocycles. The van der Waals surface area contributed by atoms with Crippen LogP contribution in [0.4, 0.5) is 13.2 Å². The molecule has 24 heavy (non-hydrogen) atoms. The molecule has 1 aliphatic rings. The lowest BCUT2D eigenvalue weighted by molar-refractivity contribution is -0.143. The van der Waals surface area contributed by atoms with Crippen molar-refractivity contribution in [3.05, 3.63) is 35.9 Å². The molecule has 0 bridgehead atoms. The van der Waals surface area contributed by atoms with E-state index < -0.39 is 23.8 Å². The average Bonchev–Trinajstić information content (AvgIpc) is 2.54. The molecule has 1 aromatic rings. The van der Waals surface area contributed by atoms with Crippen LogP contribution < -0.4 is 0 Å². The molecule has 0 unspecified atom stereocenters. The number of aliphatic carboxylic acids is 1. The Balaban J connectivity index is 1.90. The topological polar surface area (TPSA) is 62.1 Å². The van der Waals surface area contributed by atoms with Gasteiger partial charge in [-0.05, 0) is 19.4 Å². The summed E-state index contributed by atoms with van der Waals surface area (Å²) in [5.41, 5.74) is -1.14. The average molecular weight is 344 g/mol. The van der Waals surface area contributed by atoms with E-state index in [4.69, 9.17) is 9.94 Å². The number of nitrogens with zero attached hydrogens (tertiary/aromatic N) is 2. The lowest BCUT2D eigenvalue weighted by atomic mass is 9.98. The van der Waals surface area contributed by atoms with Crippen molar-refractivity contribution < 1.29 is 27.9 Å². The van der Waals surface area contributed by atoms with E-state index in [0.717, 1.165) is 6.42 Å². The van der Waals surface area contributed by atoms with E-state index >= 15 is 0 Å². The molecule has 2 rings (SSSR count). The van der Waals surface area contributed by atoms with Crippen molar-refractivity contribution in [2.45, 2.75) is 19.0 Å². The van der Waals surface area contributed by atoms with Crippen LogP contribution in [0.2, 0.25) is 0 Å². The molecule has 1 saturated heterocycles. The summed E-state index contributed by atoms with van der Waals surface area (Å²) in [5.74, 6) is -1.28. The minimum Gasteiger partial charge on any atom is -0.481 e. The second-order valence-electron chi connectivity index (χ2n) is 5.61. The summed E-state index contributed by atoms with van der Waals surface area (Å²) in [6.45, 7) is 1.40. The Morgan fingerprint density at radius 1 is 1.33 bits per heavy atom. The van der Waals surface area contributed by atoms with Gasteiger partial charge in [0.15, 0.2) is 5.71 Å². The first-order valence-electron chi connectivity index (χ1n) is 7.65. The highest BCUT2D eigenvalue weighted by Gasteiger charge is 2.37. The van der Waals surface area contributed by atoms with Crippen LogP contribution in [-0.2, 0) is 9.63 Å². The van der Waals surface area contributed by atoms with Gasteiger partial charge in [-0.2, -0.15) is 13.2 Å². The van der Waals surface area contributed by atoms with Crippen molar-refractivity contribution in [1.29, 1.82) is 0 Å². The van der Waals surface area contributed by atoms with E-state index in [1.165, 1.54) is 24.3 Å². The molecular formula is C16H19F3N2O3. The lowest BCUT2D eigenvalue weighted by Gasteiger charge is -2.29. The Morgan fingerprint density at radius 3 is 2.67 bits per heavy atom. The molecule has 5 nitrogen and oxygen atoms in total. The van der Waals surface area contributed by atoms with Gasteiger partial charge in [-0.3, -0.25) is 9.69 Å². The van der Waals surface area contributed by atoms with Gasteiger partial charge in [-0.1, -0.05) is 35.5 Å². The zero-order valence-corrected chi connectivity index (χ0v) is 13.0. The van der Waals surface area contributed by atoms with Gasteiger partial charge in [-0.15, -0.1) is 0 Å². The number of halogens is 3. The van der Waals surface area contributed by atoms with Gasteiger partial charge in [0.1, 0.15) is 6.61 Å². The molecule has 132 valence electrons. The molecule has 0 aromatic heterocycles. The molecule has 0 radical (unpaired) electrons. The van der Waals surface area contributed by atoms with Crippen molar-refractivity contribution in [2.24, 2.45) is 11.1 Å². The number of hydrogen-bond donors (Lipinski definition) is 1. The summed E-state index contributed by atoms with van der Waals surface area (Å²) >= 11 is 0. The molecule has 8 heteroatoms. The Hall–Kier alpha value is -2.09. The molecule has 1 heterocycles. The molecule has 1 atom stereocenters. The van der Waals surface area contributed by atoms with E-state index in [2.05, 4.69) is 5.16 Å². The second-order valence-corrected chi connectivity index (χ2v) is 5.61. The molecule has 0 aliphatic carbocycles. The minimum atomic E-state index is -4.61. The van der Waals surface area contributed by atoms with Crippen LogP contribution >= 0.6 is 0 Å². The number of rotatable bonds is 6. The number of piperidine rings is 1. The molecular weight excluding hydrogens is 325 g/mol. The number of hydrogen-bond acceptors (Lipinski definition) is 4. The Kier molecular flexibility index (Phi) is 6.19. The van der Waals surface area contributed by atoms with Crippen LogP contribution in [0.1, 0.15) is 18.4 Å². The van der Waals surface area contributed by atoms with Crippen LogP contribution in [0.15, 0.2) is 35.5 Å². The third-order valence-corrected chi connectivity index (χ3v) is 3.83. The van der Waals surface area contributed by atoms with Crippen molar-refractivity contribution >= 4 is 11.7 Å². The molecule has 1 aliphatic heterocycles. The Labute approximate surface area is 137 Å². The zero-order chi connectivity index (χ0) is 17.6. The van der Waals surface area contributed by atoms with E-state index in [0.29, 0.717) is 26.1 Å². The van der Waals surface area contributed by atoms with Crippen LogP contribution in [0, 0.1) is 5.92 Å². The zero-order valence-electron chi connectivity index (χ0n) is 13.0. The quantitative estimate of drug-likeness (QED) is 0.490. The monoisotopic (exact) mass is 344 g/mol. The summed E-state index contributed by atoms with van der Waals surface area (Å²) in [4.78, 5) is 17.7. The fourth-order valence-electron chi connectivity index (χ4n) is 2.60. The second kappa shape index (κ2) is 8.14. The van der Waals surface area contributed by atoms with E-state index in [-0.39, 0.29) is 12.2 Å². The summed E-state index contributed by atoms with van der Waals surface area (Å²) in [5, 5.41) is 12.3. The predicted molar refractivity (Wildman–Crippen MR) is 81.8 cm³/mol. The van der Waals surface area contributed by atoms with Gasteiger partial charge in [0, 0.05) is 18.7 Å². The van der Waals surface area contributed by atoms with Crippen molar-refractivity contribution in [3.63, 3.8) is 0 Å². The van der Waals surface area contributed by atoms with Gasteiger partial charge in [0.05, 0.1) is 5.92 Å². The highest BCUT2D eigenvalue weighted by molar-refractivity contribution is 6.04. The summed E-state index contributed by atoms with van der Waals surface area (Å²) in [6, 6.07) is 7.25. The summed E-state index contributed by atoms with van der Waals surface area (Å²) in [7, 11) is 0. The fourth-order valence-corrected chi connectivity index (χ4v) is 2.60. The number of carbonyl (C=O) groups is 1. The third-order valence-electron chi connectivity index (χ3n) is 3.83. The van der Waals surface area contributed by atoms with Crippen molar-refractivity contribution in [1.82, 2.24) is 4.90 Å². The molecule has 1 fully saturated rings. The number of likely N-dealkylation sites (tertiary alicyclic amines) is 1. The highest BCUT2D eigenvalue weighted by atomic mass is 19.4. The minimum absolute atomic E-state index is 0.0290. The van der Waals surface area contributed by atoms with Crippen molar-refractivity contribution in [2.75, 3.05) is 26.2 Å². The van der Waals surface area contributed by atoms with Crippen LogP contribution in [0.25, 0.3) is 0 Å². The van der Waals surface area contributed by atoms with Gasteiger partial charge >= 0.3 is 12.1 Å². The summed E-state index contributed by atoms with van der Waals surface area (Å²) < 4.78 is 39.1. The number of alkyl halides is 3. The lowest BCUT2D eigenvalue weighted by Crippen LogP contribution is -2.40. The van der Waals surface area contributed by atoms with E-state index in [1.54, 1.807) is 6.07 Å². The first-order valence-corrected chi connectivity index (χ1v) is 7.65. The molecule has 0 amide bonds. The van der Waals surface area contributed by atoms with Crippen molar-refractivity contribution in [3.8, 4) is 0 Å². The first kappa shape index (κ1) is 18.3. The highest BCUT2D eigenvalue weighted by Crippen LogP contribution is 2.23. The largest absolute Gasteiger partial charge is 0.481 e. The maximum absolute atomic E-state index is 13.0. The Bertz CT molecular complexity index is 576. The van der Waals surface area contributed by atoms with E-state index in [1.807, 2.05) is 4.90 Å². The van der Waals surface area contributed by atoms with Gasteiger partial charge < -0.3 is 9.94 Å². The predicted octanol–water partition coefficient (Wildman–Crippen LogP) is 2.77. The molecule has 0 saturated carbocycles. The third kappa shape index (κ3) is 5.23. The number of carboxylic acid groups (broad SMARTS) is 1. The maximum atomic E-state index is 13.0. The Morgan fingerprint density at radius 2 is 2.04 bits per heavy atom. The molecule has 0 spiro atoms. The summed E-state index contributed by atoms with van der Waals surface area (Å²) in [6.07, 6.45) is -3.24.